The third kappa shape index (κ3) is 4.59. The Morgan fingerprint density at radius 2 is 1.96 bits per heavy atom. The molecule has 1 fully saturated rings. The van der Waals surface area contributed by atoms with Crippen LogP contribution in [0.25, 0.3) is 6.08 Å². The molecule has 0 saturated carbocycles. The lowest BCUT2D eigenvalue weighted by molar-refractivity contribution is -0.123. The Morgan fingerprint density at radius 1 is 1.22 bits per heavy atom. The number of ether oxygens (including phenoxy) is 1. The Hall–Kier alpha value is -2.12. The van der Waals surface area contributed by atoms with Crippen molar-refractivity contribution in [3.05, 3.63) is 68.8 Å². The summed E-state index contributed by atoms with van der Waals surface area (Å²) in [6.45, 7) is 3.79. The van der Waals surface area contributed by atoms with Gasteiger partial charge in [0, 0.05) is 5.56 Å². The maximum atomic E-state index is 13.8. The summed E-state index contributed by atoms with van der Waals surface area (Å²) in [5, 5.41) is -0.409. The van der Waals surface area contributed by atoms with E-state index >= 15 is 0 Å². The monoisotopic (exact) mass is 449 g/mol. The zero-order chi connectivity index (χ0) is 19.6. The summed E-state index contributed by atoms with van der Waals surface area (Å²) in [5.41, 5.74) is 1.06. The first-order chi connectivity index (χ1) is 12.8. The lowest BCUT2D eigenvalue weighted by atomic mass is 10.2. The Bertz CT molecular complexity index is 929. The van der Waals surface area contributed by atoms with Crippen molar-refractivity contribution in [3.63, 3.8) is 0 Å². The highest BCUT2D eigenvalue weighted by atomic mass is 79.9. The molecule has 0 N–H and O–H groups in total. The molecule has 7 heteroatoms. The fourth-order valence-corrected chi connectivity index (χ4v) is 3.87. The van der Waals surface area contributed by atoms with Gasteiger partial charge in [-0.1, -0.05) is 24.3 Å². The number of hydrogen-bond acceptors (Lipinski definition) is 4. The number of rotatable bonds is 5. The molecule has 0 atom stereocenters. The molecule has 2 aromatic rings. The Labute approximate surface area is 169 Å². The fraction of sp³-hybridized carbons (Fsp3) is 0.200. The van der Waals surface area contributed by atoms with Crippen LogP contribution in [0, 0.1) is 5.82 Å². The predicted octanol–water partition coefficient (Wildman–Crippen LogP) is 5.61. The summed E-state index contributed by atoms with van der Waals surface area (Å²) in [7, 11) is 0. The van der Waals surface area contributed by atoms with Gasteiger partial charge in [-0.05, 0) is 71.4 Å². The van der Waals surface area contributed by atoms with Crippen molar-refractivity contribution in [2.24, 2.45) is 0 Å². The normalized spacial score (nSPS) is 15.9. The molecule has 1 heterocycles. The number of imide groups is 1. The average Bonchev–Trinajstić information content (AvgIpc) is 2.86. The summed E-state index contributed by atoms with van der Waals surface area (Å²) >= 11 is 4.30. The molecule has 0 radical (unpaired) electrons. The lowest BCUT2D eigenvalue weighted by Gasteiger charge is -2.13. The molecule has 3 rings (SSSR count). The standard InChI is InChI=1S/C20H17BrFNO3S/c1-12(2)26-17-8-7-13(9-15(17)21)10-18-19(24)23(20(25)27-18)11-14-5-3-4-6-16(14)22/h3-10,12H,11H2,1-2H3/b18-10-. The third-order valence-electron chi connectivity index (χ3n) is 3.78. The first-order valence-electron chi connectivity index (χ1n) is 8.30. The maximum Gasteiger partial charge on any atom is 0.293 e. The molecule has 2 amide bonds. The van der Waals surface area contributed by atoms with E-state index in [0.29, 0.717) is 16.2 Å². The van der Waals surface area contributed by atoms with Crippen LogP contribution in [0.1, 0.15) is 25.0 Å². The zero-order valence-electron chi connectivity index (χ0n) is 14.7. The predicted molar refractivity (Wildman–Crippen MR) is 108 cm³/mol. The quantitative estimate of drug-likeness (QED) is 0.556. The second kappa shape index (κ2) is 8.27. The summed E-state index contributed by atoms with van der Waals surface area (Å²) in [4.78, 5) is 26.2. The van der Waals surface area contributed by atoms with Gasteiger partial charge < -0.3 is 4.74 Å². The molecule has 0 bridgehead atoms. The molecular weight excluding hydrogens is 433 g/mol. The van der Waals surface area contributed by atoms with Crippen LogP contribution in [0.4, 0.5) is 9.18 Å². The van der Waals surface area contributed by atoms with Gasteiger partial charge in [0.25, 0.3) is 11.1 Å². The summed E-state index contributed by atoms with van der Waals surface area (Å²) in [6, 6.07) is 11.5. The molecule has 0 aromatic heterocycles. The van der Waals surface area contributed by atoms with Crippen LogP contribution < -0.4 is 4.74 Å². The first-order valence-corrected chi connectivity index (χ1v) is 9.91. The molecule has 27 heavy (non-hydrogen) atoms. The molecule has 0 aliphatic carbocycles. The number of nitrogens with zero attached hydrogens (tertiary/aromatic N) is 1. The zero-order valence-corrected chi connectivity index (χ0v) is 17.1. The molecule has 1 aliphatic heterocycles. The van der Waals surface area contributed by atoms with Gasteiger partial charge in [-0.25, -0.2) is 4.39 Å². The summed E-state index contributed by atoms with van der Waals surface area (Å²) in [5.74, 6) is -0.160. The minimum Gasteiger partial charge on any atom is -0.490 e. The maximum absolute atomic E-state index is 13.8. The minimum atomic E-state index is -0.440. The Morgan fingerprint density at radius 3 is 2.63 bits per heavy atom. The number of halogens is 2. The van der Waals surface area contributed by atoms with Crippen LogP contribution in [0.5, 0.6) is 5.75 Å². The summed E-state index contributed by atoms with van der Waals surface area (Å²) in [6.07, 6.45) is 1.69. The molecule has 0 unspecified atom stereocenters. The second-order valence-corrected chi connectivity index (χ2v) is 8.06. The highest BCUT2D eigenvalue weighted by molar-refractivity contribution is 9.10. The van der Waals surface area contributed by atoms with Crippen molar-refractivity contribution in [3.8, 4) is 5.75 Å². The number of hydrogen-bond donors (Lipinski definition) is 0. The highest BCUT2D eigenvalue weighted by Gasteiger charge is 2.35. The van der Waals surface area contributed by atoms with Gasteiger partial charge in [0.05, 0.1) is 22.0 Å². The van der Waals surface area contributed by atoms with Gasteiger partial charge >= 0.3 is 0 Å². The Kier molecular flexibility index (Phi) is 6.01. The third-order valence-corrected chi connectivity index (χ3v) is 5.30. The van der Waals surface area contributed by atoms with Gasteiger partial charge in [-0.15, -0.1) is 0 Å². The molecule has 0 spiro atoms. The van der Waals surface area contributed by atoms with Crippen molar-refractivity contribution < 1.29 is 18.7 Å². The average molecular weight is 450 g/mol. The number of amides is 2. The van der Waals surface area contributed by atoms with Crippen molar-refractivity contribution in [2.75, 3.05) is 0 Å². The molecule has 1 saturated heterocycles. The number of benzene rings is 2. The Balaban J connectivity index is 1.80. The minimum absolute atomic E-state index is 0.0435. The van der Waals surface area contributed by atoms with Gasteiger partial charge in [0.2, 0.25) is 0 Å². The van der Waals surface area contributed by atoms with Gasteiger partial charge in [-0.3, -0.25) is 14.5 Å². The molecule has 140 valence electrons. The van der Waals surface area contributed by atoms with E-state index in [2.05, 4.69) is 15.9 Å². The lowest BCUT2D eigenvalue weighted by Crippen LogP contribution is -2.27. The van der Waals surface area contributed by atoms with E-state index in [1.54, 1.807) is 30.3 Å². The molecular formula is C20H17BrFNO3S. The number of carbonyl (C=O) groups is 2. The second-order valence-electron chi connectivity index (χ2n) is 6.22. The highest BCUT2D eigenvalue weighted by Crippen LogP contribution is 2.35. The van der Waals surface area contributed by atoms with Crippen LogP contribution in [-0.2, 0) is 11.3 Å². The van der Waals surface area contributed by atoms with E-state index in [4.69, 9.17) is 4.74 Å². The van der Waals surface area contributed by atoms with Crippen LogP contribution >= 0.6 is 27.7 Å². The molecule has 1 aliphatic rings. The topological polar surface area (TPSA) is 46.6 Å². The van der Waals surface area contributed by atoms with Crippen molar-refractivity contribution >= 4 is 44.9 Å². The van der Waals surface area contributed by atoms with Gasteiger partial charge in [-0.2, -0.15) is 0 Å². The molecule has 2 aromatic carbocycles. The molecule has 4 nitrogen and oxygen atoms in total. The van der Waals surface area contributed by atoms with E-state index in [-0.39, 0.29) is 12.6 Å². The van der Waals surface area contributed by atoms with E-state index in [0.717, 1.165) is 26.7 Å². The smallest absolute Gasteiger partial charge is 0.293 e. The van der Waals surface area contributed by atoms with Gasteiger partial charge in [0.1, 0.15) is 11.6 Å². The van der Waals surface area contributed by atoms with Crippen LogP contribution in [-0.4, -0.2) is 22.2 Å². The van der Waals surface area contributed by atoms with Gasteiger partial charge in [0.15, 0.2) is 0 Å². The number of carbonyl (C=O) groups excluding carboxylic acids is 2. The fourth-order valence-electron chi connectivity index (χ4n) is 2.54. The van der Waals surface area contributed by atoms with E-state index in [1.807, 2.05) is 26.0 Å². The van der Waals surface area contributed by atoms with Crippen molar-refractivity contribution in [2.45, 2.75) is 26.5 Å². The van der Waals surface area contributed by atoms with Crippen LogP contribution in [0.2, 0.25) is 0 Å². The van der Waals surface area contributed by atoms with E-state index in [1.165, 1.54) is 6.07 Å². The summed E-state index contributed by atoms with van der Waals surface area (Å²) < 4.78 is 20.3. The van der Waals surface area contributed by atoms with Crippen LogP contribution in [0.3, 0.4) is 0 Å². The van der Waals surface area contributed by atoms with Crippen molar-refractivity contribution in [1.82, 2.24) is 4.90 Å². The number of thioether (sulfide) groups is 1. The van der Waals surface area contributed by atoms with E-state index in [9.17, 15) is 14.0 Å². The van der Waals surface area contributed by atoms with Crippen molar-refractivity contribution in [1.29, 1.82) is 0 Å². The largest absolute Gasteiger partial charge is 0.490 e. The first kappa shape index (κ1) is 19.6. The van der Waals surface area contributed by atoms with E-state index < -0.39 is 17.0 Å². The van der Waals surface area contributed by atoms with Crippen LogP contribution in [0.15, 0.2) is 51.8 Å². The SMILES string of the molecule is CC(C)Oc1ccc(/C=C2\SC(=O)N(Cc3ccccc3F)C2=O)cc1Br.